The van der Waals surface area contributed by atoms with Gasteiger partial charge in [0, 0.05) is 6.54 Å². The van der Waals surface area contributed by atoms with E-state index >= 15 is 0 Å². The first kappa shape index (κ1) is 17.5. The average molecular weight is 297 g/mol. The molecule has 0 unspecified atom stereocenters. The molecule has 120 valence electrons. The van der Waals surface area contributed by atoms with E-state index < -0.39 is 17.1 Å². The van der Waals surface area contributed by atoms with Crippen LogP contribution in [0.1, 0.15) is 65.7 Å². The average Bonchev–Trinajstić information content (AvgIpc) is 2.38. The summed E-state index contributed by atoms with van der Waals surface area (Å²) >= 11 is 0. The zero-order chi connectivity index (χ0) is 15.9. The van der Waals surface area contributed by atoms with Gasteiger partial charge in [-0.25, -0.2) is 19.0 Å². The normalized spacial score (nSPS) is 11.8. The van der Waals surface area contributed by atoms with Gasteiger partial charge in [-0.15, -0.1) is 0 Å². The molecule has 1 aromatic rings. The third-order valence-corrected chi connectivity index (χ3v) is 4.14. The molecule has 0 aliphatic carbocycles. The van der Waals surface area contributed by atoms with E-state index in [2.05, 4.69) is 30.7 Å². The zero-order valence-electron chi connectivity index (χ0n) is 13.3. The Morgan fingerprint density at radius 1 is 0.810 bits per heavy atom. The lowest BCUT2D eigenvalue weighted by molar-refractivity contribution is 0.180. The molecule has 0 atom stereocenters. The summed E-state index contributed by atoms with van der Waals surface area (Å²) in [6.45, 7) is 6.85. The molecule has 0 bridgehead atoms. The fraction of sp³-hybridized carbons (Fsp3) is 0.800. The molecular weight excluding hydrogens is 270 g/mol. The topological polar surface area (TPSA) is 87.7 Å². The van der Waals surface area contributed by atoms with E-state index in [0.717, 1.165) is 49.5 Å². The standard InChI is InChI=1S/C15H27N3O3/c1-4-7-15(8-5-2,9-6-3)10-11-18-13(20)16-12(19)17-14(18)21/h4-11H2,1-3H3,(H2,16,17,19,20,21). The molecule has 0 saturated carbocycles. The van der Waals surface area contributed by atoms with Crippen LogP contribution in [0.3, 0.4) is 0 Å². The smallest absolute Gasteiger partial charge is 0.259 e. The summed E-state index contributed by atoms with van der Waals surface area (Å²) in [5.74, 6) is 0. The number of rotatable bonds is 9. The highest BCUT2D eigenvalue weighted by atomic mass is 16.2. The first-order valence-electron chi connectivity index (χ1n) is 7.91. The molecule has 2 N–H and O–H groups in total. The van der Waals surface area contributed by atoms with Crippen LogP contribution >= 0.6 is 0 Å². The molecule has 6 nitrogen and oxygen atoms in total. The van der Waals surface area contributed by atoms with Gasteiger partial charge in [-0.1, -0.05) is 40.0 Å². The Bertz CT molecular complexity index is 546. The molecule has 6 heteroatoms. The summed E-state index contributed by atoms with van der Waals surface area (Å²) in [7, 11) is 0. The van der Waals surface area contributed by atoms with Gasteiger partial charge >= 0.3 is 17.1 Å². The predicted molar refractivity (Wildman–Crippen MR) is 83.7 cm³/mol. The third-order valence-electron chi connectivity index (χ3n) is 4.14. The summed E-state index contributed by atoms with van der Waals surface area (Å²) in [6.07, 6.45) is 7.38. The van der Waals surface area contributed by atoms with Gasteiger partial charge in [-0.2, -0.15) is 0 Å². The maximum Gasteiger partial charge on any atom is 0.333 e. The molecular formula is C15H27N3O3. The van der Waals surface area contributed by atoms with Gasteiger partial charge in [0.1, 0.15) is 0 Å². The van der Waals surface area contributed by atoms with Crippen LogP contribution in [-0.4, -0.2) is 14.5 Å². The Hall–Kier alpha value is -1.59. The van der Waals surface area contributed by atoms with Crippen molar-refractivity contribution in [1.82, 2.24) is 14.5 Å². The Morgan fingerprint density at radius 2 is 1.24 bits per heavy atom. The van der Waals surface area contributed by atoms with E-state index in [0.29, 0.717) is 6.54 Å². The second-order valence-corrected chi connectivity index (χ2v) is 5.84. The first-order valence-corrected chi connectivity index (χ1v) is 7.91. The Kier molecular flexibility index (Phi) is 6.65. The number of H-pyrrole nitrogens is 2. The van der Waals surface area contributed by atoms with E-state index in [-0.39, 0.29) is 5.41 Å². The van der Waals surface area contributed by atoms with Crippen molar-refractivity contribution in [3.05, 3.63) is 31.5 Å². The summed E-state index contributed by atoms with van der Waals surface area (Å²) in [5, 5.41) is 0. The lowest BCUT2D eigenvalue weighted by Crippen LogP contribution is -2.44. The van der Waals surface area contributed by atoms with Crippen LogP contribution in [0.2, 0.25) is 0 Å². The van der Waals surface area contributed by atoms with Crippen molar-refractivity contribution in [2.24, 2.45) is 5.41 Å². The van der Waals surface area contributed by atoms with E-state index in [1.807, 2.05) is 0 Å². The van der Waals surface area contributed by atoms with Gasteiger partial charge in [0.2, 0.25) is 0 Å². The fourth-order valence-electron chi connectivity index (χ4n) is 3.35. The third kappa shape index (κ3) is 4.72. The maximum atomic E-state index is 11.7. The first-order chi connectivity index (χ1) is 9.98. The highest BCUT2D eigenvalue weighted by Crippen LogP contribution is 2.38. The molecule has 1 aromatic heterocycles. The second-order valence-electron chi connectivity index (χ2n) is 5.84. The summed E-state index contributed by atoms with van der Waals surface area (Å²) < 4.78 is 1.09. The van der Waals surface area contributed by atoms with Gasteiger partial charge in [0.05, 0.1) is 0 Å². The van der Waals surface area contributed by atoms with Gasteiger partial charge in [-0.05, 0) is 31.1 Å². The lowest BCUT2D eigenvalue weighted by atomic mass is 9.73. The van der Waals surface area contributed by atoms with E-state index in [1.165, 1.54) is 0 Å². The SMILES string of the molecule is CCCC(CCC)(CCC)CCn1c(=O)[nH]c(=O)[nH]c1=O. The second kappa shape index (κ2) is 8.00. The van der Waals surface area contributed by atoms with Crippen LogP contribution in [0.5, 0.6) is 0 Å². The van der Waals surface area contributed by atoms with Gasteiger partial charge < -0.3 is 0 Å². The van der Waals surface area contributed by atoms with Crippen molar-refractivity contribution in [3.8, 4) is 0 Å². The van der Waals surface area contributed by atoms with Crippen LogP contribution in [0, 0.1) is 5.41 Å². The van der Waals surface area contributed by atoms with Crippen molar-refractivity contribution in [2.45, 2.75) is 72.3 Å². The van der Waals surface area contributed by atoms with Crippen molar-refractivity contribution in [1.29, 1.82) is 0 Å². The predicted octanol–water partition coefficient (Wildman–Crippen LogP) is 2.00. The van der Waals surface area contributed by atoms with Crippen LogP contribution in [0.25, 0.3) is 0 Å². The monoisotopic (exact) mass is 297 g/mol. The molecule has 0 aliphatic rings. The molecule has 0 spiro atoms. The van der Waals surface area contributed by atoms with Crippen LogP contribution in [0.4, 0.5) is 0 Å². The highest BCUT2D eigenvalue weighted by molar-refractivity contribution is 4.80. The molecule has 1 rings (SSSR count). The minimum Gasteiger partial charge on any atom is -0.259 e. The largest absolute Gasteiger partial charge is 0.333 e. The Morgan fingerprint density at radius 3 is 1.62 bits per heavy atom. The van der Waals surface area contributed by atoms with E-state index in [1.54, 1.807) is 0 Å². The van der Waals surface area contributed by atoms with E-state index in [4.69, 9.17) is 0 Å². The fourth-order valence-corrected chi connectivity index (χ4v) is 3.35. The number of nitrogens with one attached hydrogen (secondary N) is 2. The van der Waals surface area contributed by atoms with Gasteiger partial charge in [0.15, 0.2) is 0 Å². The Labute approximate surface area is 124 Å². The molecule has 0 fully saturated rings. The molecule has 0 amide bonds. The number of hydrogen-bond donors (Lipinski definition) is 2. The van der Waals surface area contributed by atoms with Crippen LogP contribution < -0.4 is 17.1 Å². The summed E-state index contributed by atoms with van der Waals surface area (Å²) in [6, 6.07) is 0. The number of aromatic amines is 2. The number of aromatic nitrogens is 3. The summed E-state index contributed by atoms with van der Waals surface area (Å²) in [4.78, 5) is 38.7. The minimum atomic E-state index is -0.747. The summed E-state index contributed by atoms with van der Waals surface area (Å²) in [5.41, 5.74) is -1.81. The maximum absolute atomic E-state index is 11.7. The van der Waals surface area contributed by atoms with Crippen LogP contribution in [0.15, 0.2) is 14.4 Å². The van der Waals surface area contributed by atoms with E-state index in [9.17, 15) is 14.4 Å². The molecule has 0 saturated heterocycles. The molecule has 0 radical (unpaired) electrons. The number of nitrogens with zero attached hydrogens (tertiary/aromatic N) is 1. The molecule has 0 aromatic carbocycles. The molecule has 21 heavy (non-hydrogen) atoms. The van der Waals surface area contributed by atoms with Gasteiger partial charge in [0.25, 0.3) is 0 Å². The van der Waals surface area contributed by atoms with Gasteiger partial charge in [-0.3, -0.25) is 9.97 Å². The molecule has 1 heterocycles. The van der Waals surface area contributed by atoms with Crippen molar-refractivity contribution < 1.29 is 0 Å². The van der Waals surface area contributed by atoms with Crippen LogP contribution in [-0.2, 0) is 6.54 Å². The highest BCUT2D eigenvalue weighted by Gasteiger charge is 2.27. The van der Waals surface area contributed by atoms with Crippen molar-refractivity contribution in [2.75, 3.05) is 0 Å². The number of hydrogen-bond acceptors (Lipinski definition) is 3. The zero-order valence-corrected chi connectivity index (χ0v) is 13.3. The Balaban J connectivity index is 2.98. The van der Waals surface area contributed by atoms with Crippen molar-refractivity contribution >= 4 is 0 Å². The van der Waals surface area contributed by atoms with Crippen molar-refractivity contribution in [3.63, 3.8) is 0 Å². The molecule has 0 aliphatic heterocycles. The minimum absolute atomic E-state index is 0.181. The lowest BCUT2D eigenvalue weighted by Gasteiger charge is -2.33. The quantitative estimate of drug-likeness (QED) is 0.730.